The van der Waals surface area contributed by atoms with Crippen molar-refractivity contribution in [3.8, 4) is 0 Å². The number of carboxylic acid groups (broad SMARTS) is 2. The highest BCUT2D eigenvalue weighted by molar-refractivity contribution is 5.93. The average molecular weight is 796 g/mol. The van der Waals surface area contributed by atoms with Gasteiger partial charge in [0.25, 0.3) is 0 Å². The first-order valence-corrected chi connectivity index (χ1v) is 23.2. The van der Waals surface area contributed by atoms with Gasteiger partial charge in [-0.15, -0.1) is 0 Å². The van der Waals surface area contributed by atoms with Gasteiger partial charge in [0, 0.05) is 12.1 Å². The van der Waals surface area contributed by atoms with Crippen LogP contribution in [0.15, 0.2) is 60.3 Å². The minimum Gasteiger partial charge on any atom is -0.481 e. The van der Waals surface area contributed by atoms with Gasteiger partial charge < -0.3 is 19.8 Å². The van der Waals surface area contributed by atoms with Gasteiger partial charge in [-0.3, -0.25) is 9.59 Å². The fourth-order valence-corrected chi connectivity index (χ4v) is 7.96. The molecule has 0 spiro atoms. The van der Waals surface area contributed by atoms with Crippen LogP contribution in [0.3, 0.4) is 0 Å². The van der Waals surface area contributed by atoms with Gasteiger partial charge in [0.2, 0.25) is 0 Å². The van der Waals surface area contributed by atoms with Crippen LogP contribution < -0.4 is 0 Å². The molecule has 326 valence electrons. The van der Waals surface area contributed by atoms with E-state index in [2.05, 4.69) is 62.5 Å². The first-order chi connectivity index (χ1) is 27.6. The number of hydrogen-bond acceptors (Lipinski definition) is 5. The summed E-state index contributed by atoms with van der Waals surface area (Å²) in [5.41, 5.74) is -2.49. The van der Waals surface area contributed by atoms with Crippen LogP contribution in [-0.2, 0) is 19.1 Å². The molecule has 2 unspecified atom stereocenters. The number of nitrogens with zero attached hydrogens (tertiary/aromatic N) is 1. The summed E-state index contributed by atoms with van der Waals surface area (Å²) in [6.07, 6.45) is 47.3. The van der Waals surface area contributed by atoms with E-state index in [0.717, 1.165) is 96.4 Å². The number of esters is 1. The predicted molar refractivity (Wildman–Crippen MR) is 240 cm³/mol. The molecule has 0 aromatic rings. The van der Waals surface area contributed by atoms with E-state index in [1.165, 1.54) is 51.4 Å². The Labute approximate surface area is 349 Å². The number of rotatable bonds is 37. The van der Waals surface area contributed by atoms with E-state index in [0.29, 0.717) is 32.1 Å². The van der Waals surface area contributed by atoms with E-state index >= 15 is 0 Å². The summed E-state index contributed by atoms with van der Waals surface area (Å²) in [6.45, 7) is 5.43. The van der Waals surface area contributed by atoms with Crippen LogP contribution in [0, 0.1) is 10.8 Å². The average Bonchev–Trinajstić information content (AvgIpc) is 3.18. The molecule has 7 nitrogen and oxygen atoms in total. The van der Waals surface area contributed by atoms with Crippen LogP contribution in [0.5, 0.6) is 0 Å². The number of allylic oxidation sites excluding steroid dienone is 8. The van der Waals surface area contributed by atoms with E-state index in [4.69, 9.17) is 4.74 Å². The molecule has 0 radical (unpaired) electrons. The summed E-state index contributed by atoms with van der Waals surface area (Å²) in [5.74, 6) is -2.61. The molecule has 1 aliphatic carbocycles. The number of unbranched alkanes of at least 4 members (excludes halogenated alkanes) is 18. The molecule has 2 atom stereocenters. The zero-order chi connectivity index (χ0) is 41.9. The molecule has 0 fully saturated rings. The zero-order valence-electron chi connectivity index (χ0n) is 37.1. The molecule has 2 N–H and O–H groups in total. The molecular weight excluding hydrogens is 711 g/mol. The van der Waals surface area contributed by atoms with Crippen molar-refractivity contribution in [2.45, 2.75) is 200 Å². The summed E-state index contributed by atoms with van der Waals surface area (Å²) < 4.78 is 5.61. The highest BCUT2D eigenvalue weighted by atomic mass is 16.5. The van der Waals surface area contributed by atoms with Crippen molar-refractivity contribution < 1.29 is 29.3 Å². The number of aliphatic carboxylic acids is 2. The van der Waals surface area contributed by atoms with E-state index < -0.39 is 28.7 Å². The number of carbonyl (C=O) groups excluding carboxylic acids is 1. The summed E-state index contributed by atoms with van der Waals surface area (Å²) in [6, 6.07) is 0. The van der Waals surface area contributed by atoms with E-state index in [1.54, 1.807) is 6.08 Å². The topological polar surface area (TPSA) is 104 Å². The lowest BCUT2D eigenvalue weighted by Crippen LogP contribution is -2.45. The van der Waals surface area contributed by atoms with Crippen LogP contribution >= 0.6 is 0 Å². The number of ether oxygens (including phenoxy) is 1. The SMILES string of the molecule is CCCCC/C=C\C/C=C\CCCCCCCCC1(C(=O)O)C=C(C(=O)OCCCN(C)C)CC(CCCCCCCC/C=C\C/C=C\CCCCC)(C(=O)O)C1. The van der Waals surface area contributed by atoms with Gasteiger partial charge in [0.1, 0.15) is 0 Å². The molecule has 57 heavy (non-hydrogen) atoms. The van der Waals surface area contributed by atoms with E-state index in [9.17, 15) is 24.6 Å². The quantitative estimate of drug-likeness (QED) is 0.0366. The van der Waals surface area contributed by atoms with Crippen LogP contribution in [-0.4, -0.2) is 60.3 Å². The smallest absolute Gasteiger partial charge is 0.333 e. The maximum atomic E-state index is 13.4. The Balaban J connectivity index is 2.70. The summed E-state index contributed by atoms with van der Waals surface area (Å²) >= 11 is 0. The second-order valence-electron chi connectivity index (χ2n) is 17.0. The largest absolute Gasteiger partial charge is 0.481 e. The molecule has 7 heteroatoms. The Morgan fingerprint density at radius 2 is 1.04 bits per heavy atom. The number of hydrogen-bond donors (Lipinski definition) is 2. The summed E-state index contributed by atoms with van der Waals surface area (Å²) in [7, 11) is 3.91. The first kappa shape index (κ1) is 52.1. The summed E-state index contributed by atoms with van der Waals surface area (Å²) in [5, 5.41) is 21.4. The third-order valence-corrected chi connectivity index (χ3v) is 11.4. The van der Waals surface area contributed by atoms with Crippen LogP contribution in [0.25, 0.3) is 0 Å². The van der Waals surface area contributed by atoms with E-state index in [1.807, 2.05) is 19.0 Å². The Morgan fingerprint density at radius 3 is 1.47 bits per heavy atom. The Kier molecular flexibility index (Phi) is 31.1. The van der Waals surface area contributed by atoms with Crippen molar-refractivity contribution in [1.29, 1.82) is 0 Å². The Morgan fingerprint density at radius 1 is 0.596 bits per heavy atom. The maximum Gasteiger partial charge on any atom is 0.333 e. The molecular formula is C50H85NO6. The van der Waals surface area contributed by atoms with Crippen molar-refractivity contribution in [1.82, 2.24) is 4.90 Å². The minimum absolute atomic E-state index is 0.0165. The second kappa shape index (κ2) is 34.0. The van der Waals surface area contributed by atoms with Crippen LogP contribution in [0.2, 0.25) is 0 Å². The fraction of sp³-hybridized carbons (Fsp3) is 0.740. The monoisotopic (exact) mass is 796 g/mol. The molecule has 1 rings (SSSR count). The molecule has 0 aliphatic heterocycles. The van der Waals surface area contributed by atoms with Crippen LogP contribution in [0.4, 0.5) is 0 Å². The molecule has 0 aromatic heterocycles. The number of carboxylic acids is 2. The molecule has 0 bridgehead atoms. The van der Waals surface area contributed by atoms with Gasteiger partial charge in [0.15, 0.2) is 0 Å². The standard InChI is InChI=1S/C50H85NO6/c1-5-7-9-11-13-15-17-19-21-23-25-27-29-31-33-35-38-49(47(53)54)42-45(46(52)57-41-37-40-51(3)4)43-50(44-49,48(55)56)39-36-34-32-30-28-26-24-22-20-18-16-14-12-10-8-6-2/h13-16,19-22,42H,5-12,17-18,23-41,43-44H2,1-4H3,(H,53,54)(H,55,56)/b15-13-,16-14-,21-19-,22-20-. The predicted octanol–water partition coefficient (Wildman–Crippen LogP) is 13.8. The van der Waals surface area contributed by atoms with E-state index in [-0.39, 0.29) is 25.0 Å². The van der Waals surface area contributed by atoms with Gasteiger partial charge >= 0.3 is 17.9 Å². The first-order valence-electron chi connectivity index (χ1n) is 23.2. The molecule has 0 saturated heterocycles. The highest BCUT2D eigenvalue weighted by Gasteiger charge is 2.53. The molecule has 0 heterocycles. The third-order valence-electron chi connectivity index (χ3n) is 11.4. The zero-order valence-corrected chi connectivity index (χ0v) is 37.1. The van der Waals surface area contributed by atoms with Gasteiger partial charge in [-0.25, -0.2) is 4.79 Å². The molecule has 0 saturated carbocycles. The van der Waals surface area contributed by atoms with Gasteiger partial charge in [0.05, 0.1) is 17.4 Å². The Bertz CT molecular complexity index is 1220. The number of carbonyl (C=O) groups is 3. The highest BCUT2D eigenvalue weighted by Crippen LogP contribution is 2.51. The van der Waals surface area contributed by atoms with Crippen molar-refractivity contribution in [2.24, 2.45) is 10.8 Å². The lowest BCUT2D eigenvalue weighted by Gasteiger charge is -2.42. The maximum absolute atomic E-state index is 13.4. The van der Waals surface area contributed by atoms with Crippen molar-refractivity contribution >= 4 is 17.9 Å². The lowest BCUT2D eigenvalue weighted by molar-refractivity contribution is -0.158. The molecule has 0 aromatic carbocycles. The van der Waals surface area contributed by atoms with Gasteiger partial charge in [-0.2, -0.15) is 0 Å². The van der Waals surface area contributed by atoms with Gasteiger partial charge in [-0.05, 0) is 110 Å². The van der Waals surface area contributed by atoms with Gasteiger partial charge in [-0.1, -0.05) is 158 Å². The van der Waals surface area contributed by atoms with Crippen molar-refractivity contribution in [3.63, 3.8) is 0 Å². The third kappa shape index (κ3) is 25.2. The normalized spacial score (nSPS) is 18.8. The minimum atomic E-state index is -1.40. The lowest BCUT2D eigenvalue weighted by atomic mass is 9.60. The fourth-order valence-electron chi connectivity index (χ4n) is 7.96. The van der Waals surface area contributed by atoms with Crippen molar-refractivity contribution in [2.75, 3.05) is 27.2 Å². The van der Waals surface area contributed by atoms with Crippen molar-refractivity contribution in [3.05, 3.63) is 60.3 Å². The molecule has 0 amide bonds. The Hall–Kier alpha value is -2.93. The van der Waals surface area contributed by atoms with Crippen LogP contribution in [0.1, 0.15) is 200 Å². The second-order valence-corrected chi connectivity index (χ2v) is 17.0. The summed E-state index contributed by atoms with van der Waals surface area (Å²) in [4.78, 5) is 41.6. The molecule has 1 aliphatic rings.